The zero-order valence-electron chi connectivity index (χ0n) is 17.9. The van der Waals surface area contributed by atoms with E-state index in [1.807, 2.05) is 0 Å². The number of carbonyl (C=O) groups excluding carboxylic acids is 1. The number of carbonyl (C=O) groups is 1. The molecular formula is C23H42O4. The van der Waals surface area contributed by atoms with E-state index in [9.17, 15) is 4.79 Å². The molecule has 0 heterocycles. The second-order valence-corrected chi connectivity index (χ2v) is 8.76. The summed E-state index contributed by atoms with van der Waals surface area (Å²) < 4.78 is 16.7. The fraction of sp³-hybridized carbons (Fsp3) is 0.957. The fourth-order valence-corrected chi connectivity index (χ4v) is 4.95. The molecule has 2 rings (SSSR count). The summed E-state index contributed by atoms with van der Waals surface area (Å²) in [6, 6.07) is 0. The van der Waals surface area contributed by atoms with Crippen LogP contribution in [0.2, 0.25) is 0 Å². The van der Waals surface area contributed by atoms with Gasteiger partial charge in [0.15, 0.2) is 0 Å². The lowest BCUT2D eigenvalue weighted by Gasteiger charge is -2.27. The normalized spacial score (nSPS) is 28.3. The standard InChI is InChI=1S/C23H42O4/c1-4-6-7-19(5-2)10-11-25-12-13-26-14-15-27-23(24)22-17-20-9-8-18(3)21(22)16-20/h18-22H,4-17H2,1-3H3. The largest absolute Gasteiger partial charge is 0.463 e. The smallest absolute Gasteiger partial charge is 0.309 e. The minimum absolute atomic E-state index is 0.00814. The number of rotatable bonds is 14. The van der Waals surface area contributed by atoms with Gasteiger partial charge in [0.2, 0.25) is 0 Å². The first-order chi connectivity index (χ1) is 13.2. The zero-order valence-corrected chi connectivity index (χ0v) is 17.9. The molecular weight excluding hydrogens is 340 g/mol. The molecule has 2 aliphatic rings. The quantitative estimate of drug-likeness (QED) is 0.304. The Bertz CT molecular complexity index is 411. The highest BCUT2D eigenvalue weighted by Gasteiger charge is 2.44. The molecule has 5 atom stereocenters. The minimum atomic E-state index is 0.00814. The average molecular weight is 383 g/mol. The van der Waals surface area contributed by atoms with Gasteiger partial charge in [-0.3, -0.25) is 4.79 Å². The lowest BCUT2D eigenvalue weighted by Crippen LogP contribution is -2.27. The number of ether oxygens (including phenoxy) is 3. The van der Waals surface area contributed by atoms with E-state index < -0.39 is 0 Å². The Morgan fingerprint density at radius 1 is 0.963 bits per heavy atom. The van der Waals surface area contributed by atoms with Crippen LogP contribution in [0.25, 0.3) is 0 Å². The van der Waals surface area contributed by atoms with Crippen molar-refractivity contribution in [3.8, 4) is 0 Å². The molecule has 0 spiro atoms. The van der Waals surface area contributed by atoms with Gasteiger partial charge in [0.25, 0.3) is 0 Å². The van der Waals surface area contributed by atoms with Crippen LogP contribution in [0.5, 0.6) is 0 Å². The summed E-state index contributed by atoms with van der Waals surface area (Å²) in [5.74, 6) is 2.91. The predicted molar refractivity (Wildman–Crippen MR) is 109 cm³/mol. The van der Waals surface area contributed by atoms with Gasteiger partial charge in [-0.1, -0.05) is 59.3 Å². The van der Waals surface area contributed by atoms with E-state index in [1.165, 1.54) is 44.9 Å². The van der Waals surface area contributed by atoms with Gasteiger partial charge in [-0.25, -0.2) is 0 Å². The number of hydrogen-bond acceptors (Lipinski definition) is 4. The van der Waals surface area contributed by atoms with Crippen molar-refractivity contribution >= 4 is 5.97 Å². The maximum Gasteiger partial charge on any atom is 0.309 e. The third-order valence-electron chi connectivity index (χ3n) is 6.83. The highest BCUT2D eigenvalue weighted by Crippen LogP contribution is 2.49. The summed E-state index contributed by atoms with van der Waals surface area (Å²) in [4.78, 5) is 12.4. The summed E-state index contributed by atoms with van der Waals surface area (Å²) in [5, 5.41) is 0. The van der Waals surface area contributed by atoms with Gasteiger partial charge < -0.3 is 14.2 Å². The lowest BCUT2D eigenvalue weighted by atomic mass is 9.79. The first kappa shape index (κ1) is 22.7. The van der Waals surface area contributed by atoms with Crippen LogP contribution in [0, 0.1) is 29.6 Å². The molecule has 2 bridgehead atoms. The second kappa shape index (κ2) is 12.8. The first-order valence-electron chi connectivity index (χ1n) is 11.5. The Kier molecular flexibility index (Phi) is 10.7. The molecule has 27 heavy (non-hydrogen) atoms. The zero-order chi connectivity index (χ0) is 19.5. The molecule has 158 valence electrons. The van der Waals surface area contributed by atoms with Gasteiger partial charge in [0, 0.05) is 6.61 Å². The molecule has 5 unspecified atom stereocenters. The van der Waals surface area contributed by atoms with Crippen molar-refractivity contribution in [3.05, 3.63) is 0 Å². The van der Waals surface area contributed by atoms with Crippen LogP contribution in [0.3, 0.4) is 0 Å². The van der Waals surface area contributed by atoms with Crippen LogP contribution in [0.1, 0.15) is 78.6 Å². The van der Waals surface area contributed by atoms with Crippen molar-refractivity contribution in [1.82, 2.24) is 0 Å². The summed E-state index contributed by atoms with van der Waals surface area (Å²) in [5.41, 5.74) is 0. The van der Waals surface area contributed by atoms with Crippen molar-refractivity contribution in [1.29, 1.82) is 0 Å². The Labute approximate surface area is 166 Å². The summed E-state index contributed by atoms with van der Waals surface area (Å²) >= 11 is 0. The van der Waals surface area contributed by atoms with Gasteiger partial charge in [0.05, 0.1) is 25.7 Å². The number of esters is 1. The van der Waals surface area contributed by atoms with E-state index in [4.69, 9.17) is 14.2 Å². The fourth-order valence-electron chi connectivity index (χ4n) is 4.95. The Morgan fingerprint density at radius 2 is 1.70 bits per heavy atom. The molecule has 0 radical (unpaired) electrons. The molecule has 0 saturated heterocycles. The molecule has 0 aliphatic heterocycles. The van der Waals surface area contributed by atoms with Crippen molar-refractivity contribution < 1.29 is 19.0 Å². The summed E-state index contributed by atoms with van der Waals surface area (Å²) in [7, 11) is 0. The van der Waals surface area contributed by atoms with Crippen molar-refractivity contribution in [2.45, 2.75) is 78.6 Å². The van der Waals surface area contributed by atoms with Gasteiger partial charge >= 0.3 is 5.97 Å². The van der Waals surface area contributed by atoms with E-state index in [-0.39, 0.29) is 11.9 Å². The van der Waals surface area contributed by atoms with Crippen LogP contribution in [0.15, 0.2) is 0 Å². The third-order valence-corrected chi connectivity index (χ3v) is 6.83. The molecule has 0 aromatic rings. The molecule has 2 fully saturated rings. The average Bonchev–Trinajstić information content (AvgIpc) is 3.04. The van der Waals surface area contributed by atoms with Gasteiger partial charge in [-0.2, -0.15) is 0 Å². The highest BCUT2D eigenvalue weighted by molar-refractivity contribution is 5.73. The summed E-state index contributed by atoms with van der Waals surface area (Å²) in [6.45, 7) is 9.68. The molecule has 0 amide bonds. The number of hydrogen-bond donors (Lipinski definition) is 0. The lowest BCUT2D eigenvalue weighted by molar-refractivity contribution is -0.152. The molecule has 2 saturated carbocycles. The topological polar surface area (TPSA) is 44.8 Å². The monoisotopic (exact) mass is 382 g/mol. The van der Waals surface area contributed by atoms with E-state index in [1.54, 1.807) is 0 Å². The van der Waals surface area contributed by atoms with Crippen LogP contribution < -0.4 is 0 Å². The molecule has 0 aromatic heterocycles. The summed E-state index contributed by atoms with van der Waals surface area (Å²) in [6.07, 6.45) is 11.1. The van der Waals surface area contributed by atoms with Crippen molar-refractivity contribution in [2.75, 3.05) is 33.0 Å². The second-order valence-electron chi connectivity index (χ2n) is 8.76. The van der Waals surface area contributed by atoms with Crippen LogP contribution in [-0.2, 0) is 19.0 Å². The maximum absolute atomic E-state index is 12.4. The van der Waals surface area contributed by atoms with Crippen LogP contribution in [-0.4, -0.2) is 39.0 Å². The van der Waals surface area contributed by atoms with Crippen LogP contribution in [0.4, 0.5) is 0 Å². The van der Waals surface area contributed by atoms with Crippen molar-refractivity contribution in [3.63, 3.8) is 0 Å². The van der Waals surface area contributed by atoms with Gasteiger partial charge in [-0.15, -0.1) is 0 Å². The highest BCUT2D eigenvalue weighted by atomic mass is 16.6. The first-order valence-corrected chi connectivity index (χ1v) is 11.5. The molecule has 4 heteroatoms. The Morgan fingerprint density at radius 3 is 2.44 bits per heavy atom. The van der Waals surface area contributed by atoms with Crippen molar-refractivity contribution in [2.24, 2.45) is 29.6 Å². The van der Waals surface area contributed by atoms with Gasteiger partial charge in [0.1, 0.15) is 6.61 Å². The molecule has 4 nitrogen and oxygen atoms in total. The Hall–Kier alpha value is -0.610. The Balaban J connectivity index is 1.44. The van der Waals surface area contributed by atoms with E-state index in [0.717, 1.165) is 31.3 Å². The number of fused-ring (bicyclic) bond motifs is 2. The minimum Gasteiger partial charge on any atom is -0.463 e. The van der Waals surface area contributed by atoms with E-state index in [2.05, 4.69) is 20.8 Å². The molecule has 0 aromatic carbocycles. The molecule has 0 N–H and O–H groups in total. The number of unbranched alkanes of at least 4 members (excludes halogenated alkanes) is 1. The SMILES string of the molecule is CCCCC(CC)CCOCCOCCOC(=O)C1CC2CCC(C)C1C2. The van der Waals surface area contributed by atoms with Crippen LogP contribution >= 0.6 is 0 Å². The maximum atomic E-state index is 12.4. The van der Waals surface area contributed by atoms with Gasteiger partial charge in [-0.05, 0) is 42.9 Å². The molecule has 2 aliphatic carbocycles. The van der Waals surface area contributed by atoms with E-state index in [0.29, 0.717) is 38.3 Å². The van der Waals surface area contributed by atoms with E-state index >= 15 is 0 Å². The predicted octanol–water partition coefficient (Wildman–Crippen LogP) is 5.24. The third kappa shape index (κ3) is 7.73.